The fraction of sp³-hybridized carbons (Fsp3) is 0.769. The molecule has 0 saturated heterocycles. The van der Waals surface area contributed by atoms with E-state index in [0.717, 1.165) is 23.2 Å². The van der Waals surface area contributed by atoms with E-state index >= 15 is 0 Å². The standard InChI is InChI=1S/C13H22N4OS/c1-3-8-18-12-15-11(14-2)16-13(17-12)19-9-10-6-4-5-7-10/h10H,3-9H2,1-2H3,(H,14,15,16,17). The maximum absolute atomic E-state index is 5.49. The van der Waals surface area contributed by atoms with Crippen molar-refractivity contribution in [1.29, 1.82) is 0 Å². The van der Waals surface area contributed by atoms with E-state index < -0.39 is 0 Å². The third-order valence-electron chi connectivity index (χ3n) is 3.18. The van der Waals surface area contributed by atoms with Gasteiger partial charge in [-0.1, -0.05) is 31.5 Å². The number of rotatable bonds is 7. The highest BCUT2D eigenvalue weighted by Gasteiger charge is 2.16. The zero-order chi connectivity index (χ0) is 13.5. The minimum Gasteiger partial charge on any atom is -0.463 e. The lowest BCUT2D eigenvalue weighted by Gasteiger charge is -2.09. The first-order valence-electron chi connectivity index (χ1n) is 7.01. The molecule has 1 aliphatic carbocycles. The van der Waals surface area contributed by atoms with Crippen LogP contribution in [0.3, 0.4) is 0 Å². The van der Waals surface area contributed by atoms with E-state index in [-0.39, 0.29) is 0 Å². The highest BCUT2D eigenvalue weighted by atomic mass is 32.2. The molecule has 6 heteroatoms. The van der Waals surface area contributed by atoms with Gasteiger partial charge in [-0.05, 0) is 25.2 Å². The molecule has 1 heterocycles. The van der Waals surface area contributed by atoms with Crippen LogP contribution in [0.4, 0.5) is 5.95 Å². The Morgan fingerprint density at radius 2 is 2.05 bits per heavy atom. The maximum atomic E-state index is 5.49. The third-order valence-corrected chi connectivity index (χ3v) is 4.25. The lowest BCUT2D eigenvalue weighted by atomic mass is 10.1. The van der Waals surface area contributed by atoms with Gasteiger partial charge in [0.25, 0.3) is 0 Å². The topological polar surface area (TPSA) is 59.9 Å². The molecule has 0 unspecified atom stereocenters. The van der Waals surface area contributed by atoms with Crippen molar-refractivity contribution < 1.29 is 4.74 Å². The number of hydrogen-bond acceptors (Lipinski definition) is 6. The molecular weight excluding hydrogens is 260 g/mol. The molecule has 1 aromatic rings. The van der Waals surface area contributed by atoms with Crippen molar-refractivity contribution >= 4 is 17.7 Å². The number of hydrogen-bond donors (Lipinski definition) is 1. The molecular formula is C13H22N4OS. The number of nitrogens with zero attached hydrogens (tertiary/aromatic N) is 3. The summed E-state index contributed by atoms with van der Waals surface area (Å²) in [5, 5.41) is 3.72. The van der Waals surface area contributed by atoms with Gasteiger partial charge in [0.05, 0.1) is 6.61 Å². The average molecular weight is 282 g/mol. The summed E-state index contributed by atoms with van der Waals surface area (Å²) in [6, 6.07) is 0.426. The van der Waals surface area contributed by atoms with Gasteiger partial charge in [0.15, 0.2) is 5.16 Å². The first-order chi connectivity index (χ1) is 9.31. The summed E-state index contributed by atoms with van der Waals surface area (Å²) in [5.41, 5.74) is 0. The molecule has 0 radical (unpaired) electrons. The first kappa shape index (κ1) is 14.4. The second-order valence-electron chi connectivity index (χ2n) is 4.78. The number of nitrogens with one attached hydrogen (secondary N) is 1. The molecule has 106 valence electrons. The second-order valence-corrected chi connectivity index (χ2v) is 5.77. The van der Waals surface area contributed by atoms with Crippen LogP contribution in [0.2, 0.25) is 0 Å². The molecule has 2 rings (SSSR count). The first-order valence-corrected chi connectivity index (χ1v) is 7.99. The lowest BCUT2D eigenvalue weighted by molar-refractivity contribution is 0.288. The van der Waals surface area contributed by atoms with E-state index in [4.69, 9.17) is 4.74 Å². The SMILES string of the molecule is CCCOc1nc(NC)nc(SCC2CCCC2)n1. The van der Waals surface area contributed by atoms with E-state index in [1.165, 1.54) is 25.7 Å². The van der Waals surface area contributed by atoms with Crippen molar-refractivity contribution in [3.8, 4) is 6.01 Å². The molecule has 0 spiro atoms. The van der Waals surface area contributed by atoms with Gasteiger partial charge < -0.3 is 10.1 Å². The van der Waals surface area contributed by atoms with Crippen LogP contribution >= 0.6 is 11.8 Å². The molecule has 1 saturated carbocycles. The molecule has 0 aliphatic heterocycles. The van der Waals surface area contributed by atoms with E-state index in [1.807, 2.05) is 7.05 Å². The molecule has 0 atom stereocenters. The van der Waals surface area contributed by atoms with Gasteiger partial charge in [-0.2, -0.15) is 15.0 Å². The molecule has 1 aromatic heterocycles. The van der Waals surface area contributed by atoms with Gasteiger partial charge in [0.2, 0.25) is 5.95 Å². The summed E-state index contributed by atoms with van der Waals surface area (Å²) in [6.45, 7) is 2.70. The van der Waals surface area contributed by atoms with Gasteiger partial charge in [0, 0.05) is 12.8 Å². The van der Waals surface area contributed by atoms with Crippen LogP contribution in [0.15, 0.2) is 5.16 Å². The average Bonchev–Trinajstić information content (AvgIpc) is 2.96. The van der Waals surface area contributed by atoms with Crippen LogP contribution in [0.25, 0.3) is 0 Å². The van der Waals surface area contributed by atoms with E-state index in [1.54, 1.807) is 11.8 Å². The summed E-state index contributed by atoms with van der Waals surface area (Å²) in [5.74, 6) is 2.50. The van der Waals surface area contributed by atoms with Crippen molar-refractivity contribution in [3.63, 3.8) is 0 Å². The van der Waals surface area contributed by atoms with Crippen LogP contribution < -0.4 is 10.1 Å². The number of thioether (sulfide) groups is 1. The summed E-state index contributed by atoms with van der Waals surface area (Å²) >= 11 is 1.71. The van der Waals surface area contributed by atoms with Gasteiger partial charge >= 0.3 is 6.01 Å². The van der Waals surface area contributed by atoms with Crippen LogP contribution in [0.5, 0.6) is 6.01 Å². The van der Waals surface area contributed by atoms with Crippen LogP contribution in [0.1, 0.15) is 39.0 Å². The smallest absolute Gasteiger partial charge is 0.322 e. The van der Waals surface area contributed by atoms with Gasteiger partial charge in [-0.25, -0.2) is 0 Å². The zero-order valence-electron chi connectivity index (χ0n) is 11.7. The van der Waals surface area contributed by atoms with Crippen molar-refractivity contribution in [2.45, 2.75) is 44.2 Å². The zero-order valence-corrected chi connectivity index (χ0v) is 12.5. The largest absolute Gasteiger partial charge is 0.463 e. The van der Waals surface area contributed by atoms with E-state index in [9.17, 15) is 0 Å². The molecule has 1 fully saturated rings. The fourth-order valence-electron chi connectivity index (χ4n) is 2.14. The molecule has 1 aliphatic rings. The van der Waals surface area contributed by atoms with Crippen LogP contribution in [0, 0.1) is 5.92 Å². The van der Waals surface area contributed by atoms with Crippen molar-refractivity contribution in [2.24, 2.45) is 5.92 Å². The minimum absolute atomic E-state index is 0.426. The summed E-state index contributed by atoms with van der Waals surface area (Å²) in [7, 11) is 1.81. The highest BCUT2D eigenvalue weighted by molar-refractivity contribution is 7.99. The Bertz CT molecular complexity index is 396. The van der Waals surface area contributed by atoms with Gasteiger partial charge in [-0.15, -0.1) is 0 Å². The van der Waals surface area contributed by atoms with Crippen molar-refractivity contribution in [2.75, 3.05) is 24.7 Å². The van der Waals surface area contributed by atoms with E-state index in [2.05, 4.69) is 27.2 Å². The molecule has 1 N–H and O–H groups in total. The number of aromatic nitrogens is 3. The van der Waals surface area contributed by atoms with Crippen LogP contribution in [-0.2, 0) is 0 Å². The predicted molar refractivity (Wildman–Crippen MR) is 77.8 cm³/mol. The summed E-state index contributed by atoms with van der Waals surface area (Å²) in [6.07, 6.45) is 6.38. The summed E-state index contributed by atoms with van der Waals surface area (Å²) in [4.78, 5) is 12.9. The maximum Gasteiger partial charge on any atom is 0.322 e. The Labute approximate surface area is 119 Å². The Kier molecular flexibility index (Phi) is 5.69. The van der Waals surface area contributed by atoms with Crippen molar-refractivity contribution in [1.82, 2.24) is 15.0 Å². The monoisotopic (exact) mass is 282 g/mol. The second kappa shape index (κ2) is 7.53. The molecule has 0 amide bonds. The quantitative estimate of drug-likeness (QED) is 0.776. The third kappa shape index (κ3) is 4.53. The Hall–Kier alpha value is -1.04. The van der Waals surface area contributed by atoms with E-state index in [0.29, 0.717) is 18.6 Å². The Morgan fingerprint density at radius 3 is 2.74 bits per heavy atom. The molecule has 0 aromatic carbocycles. The van der Waals surface area contributed by atoms with Gasteiger partial charge in [0.1, 0.15) is 0 Å². The molecule has 19 heavy (non-hydrogen) atoms. The van der Waals surface area contributed by atoms with Crippen LogP contribution in [-0.4, -0.2) is 34.4 Å². The number of anilines is 1. The van der Waals surface area contributed by atoms with Gasteiger partial charge in [-0.3, -0.25) is 0 Å². The Morgan fingerprint density at radius 1 is 1.26 bits per heavy atom. The number of ether oxygens (including phenoxy) is 1. The highest BCUT2D eigenvalue weighted by Crippen LogP contribution is 2.30. The molecule has 5 nitrogen and oxygen atoms in total. The van der Waals surface area contributed by atoms with Crippen molar-refractivity contribution in [3.05, 3.63) is 0 Å². The predicted octanol–water partition coefficient (Wildman–Crippen LogP) is 2.98. The molecule has 0 bridgehead atoms. The fourth-order valence-corrected chi connectivity index (χ4v) is 3.15. The Balaban J connectivity index is 1.96. The normalized spacial score (nSPS) is 15.7. The minimum atomic E-state index is 0.426. The summed E-state index contributed by atoms with van der Waals surface area (Å²) < 4.78 is 5.49. The lowest BCUT2D eigenvalue weighted by Crippen LogP contribution is -2.06.